The van der Waals surface area contributed by atoms with Crippen LogP contribution >= 0.6 is 0 Å². The number of aliphatic hydroxyl groups is 1. The zero-order chi connectivity index (χ0) is 11.1. The molecule has 3 unspecified atom stereocenters. The van der Waals surface area contributed by atoms with E-state index in [4.69, 9.17) is 0 Å². The summed E-state index contributed by atoms with van der Waals surface area (Å²) >= 11 is 0. The number of β-amino-alcohol motifs (C(OH)–C–C–N with tert-alkyl or cyclic N) is 1. The summed E-state index contributed by atoms with van der Waals surface area (Å²) in [5.41, 5.74) is -0.541. The van der Waals surface area contributed by atoms with Crippen molar-refractivity contribution in [2.45, 2.75) is 51.2 Å². The fourth-order valence-electron chi connectivity index (χ4n) is 2.87. The van der Waals surface area contributed by atoms with Crippen molar-refractivity contribution in [3.8, 4) is 0 Å². The highest BCUT2D eigenvalue weighted by atomic mass is 16.3. The monoisotopic (exact) mass is 211 g/mol. The Labute approximate surface area is 91.5 Å². The van der Waals surface area contributed by atoms with Crippen molar-refractivity contribution in [2.24, 2.45) is 5.92 Å². The second-order valence-corrected chi connectivity index (χ2v) is 5.54. The predicted octanol–water partition coefficient (Wildman–Crippen LogP) is 1.20. The van der Waals surface area contributed by atoms with Crippen LogP contribution in [0.4, 0.5) is 0 Å². The number of carbonyl (C=O) groups is 1. The SMILES string of the molecule is CC1CCC(=O)CC1N1CCC(C)(O)C1. The number of hydrogen-bond donors (Lipinski definition) is 1. The van der Waals surface area contributed by atoms with E-state index in [-0.39, 0.29) is 0 Å². The van der Waals surface area contributed by atoms with Gasteiger partial charge in [0.2, 0.25) is 0 Å². The Hall–Kier alpha value is -0.410. The van der Waals surface area contributed by atoms with Gasteiger partial charge in [-0.05, 0) is 25.7 Å². The molecule has 1 saturated carbocycles. The number of ketones is 1. The van der Waals surface area contributed by atoms with Crippen molar-refractivity contribution < 1.29 is 9.90 Å². The molecule has 1 aliphatic carbocycles. The van der Waals surface area contributed by atoms with Crippen molar-refractivity contribution in [3.63, 3.8) is 0 Å². The van der Waals surface area contributed by atoms with E-state index in [1.807, 2.05) is 6.92 Å². The molecule has 0 aromatic carbocycles. The molecular weight excluding hydrogens is 190 g/mol. The first-order valence-corrected chi connectivity index (χ1v) is 5.96. The lowest BCUT2D eigenvalue weighted by Crippen LogP contribution is -2.44. The van der Waals surface area contributed by atoms with Gasteiger partial charge in [-0.15, -0.1) is 0 Å². The highest BCUT2D eigenvalue weighted by Gasteiger charge is 2.38. The number of rotatable bonds is 1. The molecule has 1 N–H and O–H groups in total. The molecule has 1 saturated heterocycles. The summed E-state index contributed by atoms with van der Waals surface area (Å²) in [6, 6.07) is 0.375. The number of hydrogen-bond acceptors (Lipinski definition) is 3. The van der Waals surface area contributed by atoms with Gasteiger partial charge < -0.3 is 5.11 Å². The summed E-state index contributed by atoms with van der Waals surface area (Å²) in [5, 5.41) is 9.92. The number of likely N-dealkylation sites (tertiary alicyclic amines) is 1. The van der Waals surface area contributed by atoms with Crippen LogP contribution in [0.2, 0.25) is 0 Å². The Morgan fingerprint density at radius 3 is 2.87 bits per heavy atom. The van der Waals surface area contributed by atoms with E-state index >= 15 is 0 Å². The Balaban J connectivity index is 2.00. The van der Waals surface area contributed by atoms with Crippen LogP contribution in [-0.4, -0.2) is 40.5 Å². The fourth-order valence-corrected chi connectivity index (χ4v) is 2.87. The molecule has 1 heterocycles. The Bertz CT molecular complexity index is 262. The van der Waals surface area contributed by atoms with E-state index in [1.54, 1.807) is 0 Å². The summed E-state index contributed by atoms with van der Waals surface area (Å²) in [7, 11) is 0. The highest BCUT2D eigenvalue weighted by Crippen LogP contribution is 2.31. The first kappa shape index (κ1) is 11.1. The molecule has 86 valence electrons. The molecule has 3 atom stereocenters. The standard InChI is InChI=1S/C12H21NO2/c1-9-3-4-10(14)7-11(9)13-6-5-12(2,15)8-13/h9,11,15H,3-8H2,1-2H3. The minimum atomic E-state index is -0.541. The second kappa shape index (κ2) is 3.87. The summed E-state index contributed by atoms with van der Waals surface area (Å²) < 4.78 is 0. The van der Waals surface area contributed by atoms with Crippen molar-refractivity contribution >= 4 is 5.78 Å². The molecule has 3 nitrogen and oxygen atoms in total. The van der Waals surface area contributed by atoms with Gasteiger partial charge in [-0.2, -0.15) is 0 Å². The third-order valence-corrected chi connectivity index (χ3v) is 3.92. The van der Waals surface area contributed by atoms with Crippen molar-refractivity contribution in [1.82, 2.24) is 4.90 Å². The first-order valence-electron chi connectivity index (χ1n) is 5.96. The van der Waals surface area contributed by atoms with Crippen LogP contribution in [0.5, 0.6) is 0 Å². The molecule has 2 rings (SSSR count). The lowest BCUT2D eigenvalue weighted by Gasteiger charge is -2.35. The second-order valence-electron chi connectivity index (χ2n) is 5.54. The van der Waals surface area contributed by atoms with Gasteiger partial charge in [0.25, 0.3) is 0 Å². The van der Waals surface area contributed by atoms with Crippen LogP contribution in [0.1, 0.15) is 39.5 Å². The van der Waals surface area contributed by atoms with Gasteiger partial charge in [-0.3, -0.25) is 9.69 Å². The molecular formula is C12H21NO2. The Kier molecular flexibility index (Phi) is 2.86. The molecule has 0 aromatic rings. The highest BCUT2D eigenvalue weighted by molar-refractivity contribution is 5.79. The van der Waals surface area contributed by atoms with Crippen molar-refractivity contribution in [3.05, 3.63) is 0 Å². The minimum Gasteiger partial charge on any atom is -0.389 e. The molecule has 0 radical (unpaired) electrons. The third kappa shape index (κ3) is 2.40. The largest absolute Gasteiger partial charge is 0.389 e. The van der Waals surface area contributed by atoms with Gasteiger partial charge in [0.15, 0.2) is 0 Å². The van der Waals surface area contributed by atoms with Gasteiger partial charge in [-0.1, -0.05) is 6.92 Å². The molecule has 15 heavy (non-hydrogen) atoms. The fraction of sp³-hybridized carbons (Fsp3) is 0.917. The Morgan fingerprint density at radius 1 is 1.53 bits per heavy atom. The average Bonchev–Trinajstić information content (AvgIpc) is 2.50. The Morgan fingerprint density at radius 2 is 2.27 bits per heavy atom. The van der Waals surface area contributed by atoms with Crippen LogP contribution in [-0.2, 0) is 4.79 Å². The van der Waals surface area contributed by atoms with Gasteiger partial charge in [-0.25, -0.2) is 0 Å². The van der Waals surface area contributed by atoms with E-state index < -0.39 is 5.60 Å². The third-order valence-electron chi connectivity index (χ3n) is 3.92. The summed E-state index contributed by atoms with van der Waals surface area (Å²) in [5.74, 6) is 0.987. The number of Topliss-reactive ketones (excluding diaryl/α,β-unsaturated/α-hetero) is 1. The molecule has 2 fully saturated rings. The van der Waals surface area contributed by atoms with Crippen LogP contribution in [0.25, 0.3) is 0 Å². The predicted molar refractivity (Wildman–Crippen MR) is 58.6 cm³/mol. The number of nitrogens with zero attached hydrogens (tertiary/aromatic N) is 1. The lowest BCUT2D eigenvalue weighted by molar-refractivity contribution is -0.123. The maximum atomic E-state index is 11.4. The minimum absolute atomic E-state index is 0.375. The van der Waals surface area contributed by atoms with E-state index in [0.717, 1.165) is 32.4 Å². The normalized spacial score (nSPS) is 43.5. The van der Waals surface area contributed by atoms with Crippen LogP contribution in [0.3, 0.4) is 0 Å². The summed E-state index contributed by atoms with van der Waals surface area (Å²) in [6.07, 6.45) is 3.30. The van der Waals surface area contributed by atoms with Gasteiger partial charge in [0.1, 0.15) is 5.78 Å². The maximum Gasteiger partial charge on any atom is 0.134 e. The zero-order valence-electron chi connectivity index (χ0n) is 9.70. The summed E-state index contributed by atoms with van der Waals surface area (Å²) in [4.78, 5) is 13.8. The topological polar surface area (TPSA) is 40.5 Å². The van der Waals surface area contributed by atoms with Crippen molar-refractivity contribution in [1.29, 1.82) is 0 Å². The van der Waals surface area contributed by atoms with Crippen LogP contribution < -0.4 is 0 Å². The van der Waals surface area contributed by atoms with Gasteiger partial charge in [0, 0.05) is 32.0 Å². The molecule has 1 aliphatic heterocycles. The molecule has 2 aliphatic rings. The van der Waals surface area contributed by atoms with Gasteiger partial charge in [0.05, 0.1) is 5.60 Å². The number of carbonyl (C=O) groups excluding carboxylic acids is 1. The lowest BCUT2D eigenvalue weighted by atomic mass is 9.84. The molecule has 0 bridgehead atoms. The van der Waals surface area contributed by atoms with E-state index in [0.29, 0.717) is 24.2 Å². The zero-order valence-corrected chi connectivity index (χ0v) is 9.70. The molecule has 0 spiro atoms. The smallest absolute Gasteiger partial charge is 0.134 e. The summed E-state index contributed by atoms with van der Waals surface area (Å²) in [6.45, 7) is 5.79. The van der Waals surface area contributed by atoms with E-state index in [1.165, 1.54) is 0 Å². The van der Waals surface area contributed by atoms with Crippen LogP contribution in [0, 0.1) is 5.92 Å². The van der Waals surface area contributed by atoms with E-state index in [9.17, 15) is 9.90 Å². The average molecular weight is 211 g/mol. The molecule has 0 aromatic heterocycles. The first-order chi connectivity index (χ1) is 6.98. The van der Waals surface area contributed by atoms with Crippen molar-refractivity contribution in [2.75, 3.05) is 13.1 Å². The maximum absolute atomic E-state index is 11.4. The van der Waals surface area contributed by atoms with Crippen LogP contribution in [0.15, 0.2) is 0 Å². The molecule has 3 heteroatoms. The molecule has 0 amide bonds. The quantitative estimate of drug-likeness (QED) is 0.708. The van der Waals surface area contributed by atoms with E-state index in [2.05, 4.69) is 11.8 Å². The van der Waals surface area contributed by atoms with Gasteiger partial charge >= 0.3 is 0 Å².